The molecule has 0 aliphatic carbocycles. The zero-order chi connectivity index (χ0) is 20.0. The number of halogens is 3. The molecule has 0 aliphatic rings. The van der Waals surface area contributed by atoms with E-state index in [0.717, 1.165) is 12.3 Å². The minimum absolute atomic E-state index is 0.0625. The molecule has 1 N–H and O–H groups in total. The predicted molar refractivity (Wildman–Crippen MR) is 102 cm³/mol. The van der Waals surface area contributed by atoms with Crippen molar-refractivity contribution in [3.05, 3.63) is 57.6 Å². The lowest BCUT2D eigenvalue weighted by Crippen LogP contribution is -2.11. The van der Waals surface area contributed by atoms with Crippen LogP contribution < -0.4 is 4.74 Å². The van der Waals surface area contributed by atoms with Crippen molar-refractivity contribution in [2.45, 2.75) is 6.92 Å². The zero-order valence-electron chi connectivity index (χ0n) is 14.4. The number of ether oxygens (including phenoxy) is 2. The summed E-state index contributed by atoms with van der Waals surface area (Å²) in [5, 5.41) is 9.73. The third-order valence-corrected chi connectivity index (χ3v) is 3.86. The van der Waals surface area contributed by atoms with Crippen molar-refractivity contribution in [2.75, 3.05) is 13.7 Å². The van der Waals surface area contributed by atoms with Crippen molar-refractivity contribution in [1.82, 2.24) is 4.98 Å². The van der Waals surface area contributed by atoms with Gasteiger partial charge in [0.15, 0.2) is 11.0 Å². The van der Waals surface area contributed by atoms with Crippen molar-refractivity contribution >= 4 is 46.8 Å². The summed E-state index contributed by atoms with van der Waals surface area (Å²) in [5.74, 6) is -1.78. The van der Waals surface area contributed by atoms with E-state index in [0.29, 0.717) is 11.4 Å². The lowest BCUT2D eigenvalue weighted by Gasteiger charge is -2.08. The fraction of sp³-hybridized carbons (Fsp3) is 0.167. The third-order valence-electron chi connectivity index (χ3n) is 3.31. The Balaban J connectivity index is 2.49. The van der Waals surface area contributed by atoms with Crippen molar-refractivity contribution in [3.8, 4) is 5.75 Å². The van der Waals surface area contributed by atoms with Crippen molar-refractivity contribution < 1.29 is 23.8 Å². The highest BCUT2D eigenvalue weighted by Gasteiger charge is 2.20. The van der Waals surface area contributed by atoms with Gasteiger partial charge in [0.25, 0.3) is 0 Å². The molecule has 9 heteroatoms. The molecule has 0 atom stereocenters. The van der Waals surface area contributed by atoms with Gasteiger partial charge in [0, 0.05) is 6.21 Å². The van der Waals surface area contributed by atoms with Crippen molar-refractivity contribution in [3.63, 3.8) is 0 Å². The second-order valence-electron chi connectivity index (χ2n) is 5.04. The molecule has 142 valence electrons. The summed E-state index contributed by atoms with van der Waals surface area (Å²) >= 11 is 11.5. The first kappa shape index (κ1) is 20.7. The first-order valence-electron chi connectivity index (χ1n) is 7.67. The second-order valence-corrected chi connectivity index (χ2v) is 5.75. The van der Waals surface area contributed by atoms with E-state index in [1.165, 1.54) is 7.11 Å². The molecule has 6 nitrogen and oxygen atoms in total. The minimum Gasteiger partial charge on any atom is -0.506 e. The number of hydrogen-bond acceptors (Lipinski definition) is 6. The maximum atomic E-state index is 13.7. The summed E-state index contributed by atoms with van der Waals surface area (Å²) in [6.07, 6.45) is 1.10. The molecule has 0 radical (unpaired) electrons. The molecule has 0 unspecified atom stereocenters. The predicted octanol–water partition coefficient (Wildman–Crippen LogP) is 4.77. The quantitative estimate of drug-likeness (QED) is 0.243. The molecule has 0 saturated heterocycles. The molecule has 0 bridgehead atoms. The number of nitrogens with zero attached hydrogens (tertiary/aromatic N) is 2. The van der Waals surface area contributed by atoms with Crippen LogP contribution in [0.5, 0.6) is 5.75 Å². The number of rotatable bonds is 6. The third kappa shape index (κ3) is 5.18. The van der Waals surface area contributed by atoms with Crippen LogP contribution in [0.25, 0.3) is 5.76 Å². The number of benzene rings is 1. The fourth-order valence-corrected chi connectivity index (χ4v) is 2.39. The molecule has 1 heterocycles. The van der Waals surface area contributed by atoms with Crippen molar-refractivity contribution in [1.29, 1.82) is 0 Å². The molecule has 2 aromatic rings. The summed E-state index contributed by atoms with van der Waals surface area (Å²) in [4.78, 5) is 19.9. The minimum atomic E-state index is -0.905. The summed E-state index contributed by atoms with van der Waals surface area (Å²) in [5.41, 5.74) is -0.0576. The Morgan fingerprint density at radius 1 is 1.30 bits per heavy atom. The first-order chi connectivity index (χ1) is 12.9. The number of pyridine rings is 1. The molecule has 1 aromatic heterocycles. The Kier molecular flexibility index (Phi) is 7.15. The Labute approximate surface area is 164 Å². The Morgan fingerprint density at radius 3 is 2.56 bits per heavy atom. The van der Waals surface area contributed by atoms with E-state index in [9.17, 15) is 14.3 Å². The standard InChI is InChI=1S/C18H15Cl2FN2O4/c1-3-27-18(25)13(9-22-10-4-6-11(26-2)7-5-10)15(24)12-8-14(21)17(20)23-16(12)19/h4-9,24H,3H2,1-2H3/b15-13-,22-9?. The number of hydrogen-bond donors (Lipinski definition) is 1. The summed E-state index contributed by atoms with van der Waals surface area (Å²) in [6.45, 7) is 1.66. The molecule has 1 aromatic carbocycles. The Morgan fingerprint density at radius 2 is 1.96 bits per heavy atom. The van der Waals surface area contributed by atoms with Gasteiger partial charge in [-0.1, -0.05) is 23.2 Å². The van der Waals surface area contributed by atoms with E-state index in [-0.39, 0.29) is 22.9 Å². The molecule has 0 amide bonds. The summed E-state index contributed by atoms with van der Waals surface area (Å²) in [7, 11) is 1.53. The fourth-order valence-electron chi connectivity index (χ4n) is 1.98. The molecule has 0 saturated carbocycles. The Bertz CT molecular complexity index is 899. The van der Waals surface area contributed by atoms with Gasteiger partial charge in [0.1, 0.15) is 22.2 Å². The van der Waals surface area contributed by atoms with Crippen LogP contribution >= 0.6 is 23.2 Å². The molecule has 0 fully saturated rings. The van der Waals surface area contributed by atoms with E-state index in [4.69, 9.17) is 32.7 Å². The van der Waals surface area contributed by atoms with E-state index in [1.807, 2.05) is 0 Å². The highest BCUT2D eigenvalue weighted by atomic mass is 35.5. The molecule has 2 rings (SSSR count). The number of aliphatic hydroxyl groups excluding tert-OH is 1. The van der Waals surface area contributed by atoms with Crippen LogP contribution in [0, 0.1) is 5.82 Å². The first-order valence-corrected chi connectivity index (χ1v) is 8.43. The summed E-state index contributed by atoms with van der Waals surface area (Å²) < 4.78 is 23.7. The van der Waals surface area contributed by atoms with E-state index in [2.05, 4.69) is 9.98 Å². The number of esters is 1. The molecule has 27 heavy (non-hydrogen) atoms. The monoisotopic (exact) mass is 412 g/mol. The van der Waals surface area contributed by atoms with Gasteiger partial charge in [-0.05, 0) is 37.3 Å². The molecule has 0 spiro atoms. The average molecular weight is 413 g/mol. The van der Waals surface area contributed by atoms with Gasteiger partial charge in [0.05, 0.1) is 25.0 Å². The number of aliphatic hydroxyl groups is 1. The van der Waals surface area contributed by atoms with Gasteiger partial charge in [-0.3, -0.25) is 4.99 Å². The smallest absolute Gasteiger partial charge is 0.343 e. The largest absolute Gasteiger partial charge is 0.506 e. The highest BCUT2D eigenvalue weighted by Crippen LogP contribution is 2.27. The number of methoxy groups -OCH3 is 1. The maximum Gasteiger partial charge on any atom is 0.343 e. The normalized spacial score (nSPS) is 12.0. The van der Waals surface area contributed by atoms with E-state index >= 15 is 0 Å². The van der Waals surface area contributed by atoms with Crippen LogP contribution in [0.3, 0.4) is 0 Å². The SMILES string of the molecule is CCOC(=O)/C(C=Nc1ccc(OC)cc1)=C(\O)c1cc(F)c(Cl)nc1Cl. The molecular formula is C18H15Cl2FN2O4. The van der Waals surface area contributed by atoms with Gasteiger partial charge in [0.2, 0.25) is 0 Å². The summed E-state index contributed by atoms with van der Waals surface area (Å²) in [6, 6.07) is 7.51. The Hall–Kier alpha value is -2.64. The molecular weight excluding hydrogens is 398 g/mol. The number of carbonyl (C=O) groups is 1. The number of aromatic nitrogens is 1. The van der Waals surface area contributed by atoms with Crippen LogP contribution in [0.15, 0.2) is 40.9 Å². The second kappa shape index (κ2) is 9.34. The van der Waals surface area contributed by atoms with Gasteiger partial charge < -0.3 is 14.6 Å². The van der Waals surface area contributed by atoms with Gasteiger partial charge >= 0.3 is 5.97 Å². The lowest BCUT2D eigenvalue weighted by molar-refractivity contribution is -0.137. The topological polar surface area (TPSA) is 81.0 Å². The van der Waals surface area contributed by atoms with Crippen LogP contribution in [0.4, 0.5) is 10.1 Å². The van der Waals surface area contributed by atoms with E-state index in [1.54, 1.807) is 31.2 Å². The van der Waals surface area contributed by atoms with Crippen LogP contribution in [-0.2, 0) is 9.53 Å². The van der Waals surface area contributed by atoms with Gasteiger partial charge in [-0.25, -0.2) is 14.2 Å². The molecule has 0 aliphatic heterocycles. The van der Waals surface area contributed by atoms with E-state index < -0.39 is 22.7 Å². The average Bonchev–Trinajstić information content (AvgIpc) is 2.65. The van der Waals surface area contributed by atoms with Crippen molar-refractivity contribution in [2.24, 2.45) is 4.99 Å². The lowest BCUT2D eigenvalue weighted by atomic mass is 10.1. The zero-order valence-corrected chi connectivity index (χ0v) is 15.9. The van der Waals surface area contributed by atoms with Gasteiger partial charge in [-0.15, -0.1) is 0 Å². The maximum absolute atomic E-state index is 13.7. The highest BCUT2D eigenvalue weighted by molar-refractivity contribution is 6.34. The van der Waals surface area contributed by atoms with Gasteiger partial charge in [-0.2, -0.15) is 0 Å². The van der Waals surface area contributed by atoms with Crippen LogP contribution in [0.2, 0.25) is 10.3 Å². The number of carbonyl (C=O) groups excluding carboxylic acids is 1. The van der Waals surface area contributed by atoms with Crippen LogP contribution in [-0.4, -0.2) is 36.0 Å². The van der Waals surface area contributed by atoms with Crippen LogP contribution in [0.1, 0.15) is 12.5 Å². The number of aliphatic imine (C=N–C) groups is 1.